The normalized spacial score (nSPS) is 13.2. The molecule has 0 aromatic heterocycles. The van der Waals surface area contributed by atoms with E-state index >= 15 is 0 Å². The van der Waals surface area contributed by atoms with Gasteiger partial charge in [0.15, 0.2) is 6.10 Å². The summed E-state index contributed by atoms with van der Waals surface area (Å²) in [5, 5.41) is 0. The molecule has 0 saturated carbocycles. The van der Waals surface area contributed by atoms with E-state index in [2.05, 4.69) is 167 Å². The topological polar surface area (TPSA) is 78.9 Å². The Morgan fingerprint density at radius 2 is 0.507 bits per heavy atom. The first-order valence-corrected chi connectivity index (χ1v) is 28.3. The summed E-state index contributed by atoms with van der Waals surface area (Å²) >= 11 is 0. The van der Waals surface area contributed by atoms with E-state index in [1.807, 2.05) is 0 Å². The molecule has 0 aliphatic rings. The fraction of sp³-hybridized carbons (Fsp3) is 0.585. The highest BCUT2D eigenvalue weighted by molar-refractivity contribution is 5.71. The van der Waals surface area contributed by atoms with Gasteiger partial charge in [0, 0.05) is 19.3 Å². The molecule has 0 N–H and O–H groups in total. The summed E-state index contributed by atoms with van der Waals surface area (Å²) in [7, 11) is 0. The van der Waals surface area contributed by atoms with Crippen LogP contribution < -0.4 is 0 Å². The SMILES string of the molecule is CC/C=C\C/C=C\C/C=C\C/C=C\C/C=C\CCCCCCCCCC(=O)OCC(COC(=O)CCCCC/C=C\C/C=C\C/C=C\CC)OC(=O)CCCCCC/C=C\C/C=C\C/C=C\C/C=C\CC. The zero-order valence-corrected chi connectivity index (χ0v) is 45.4. The van der Waals surface area contributed by atoms with Gasteiger partial charge in [-0.2, -0.15) is 0 Å². The van der Waals surface area contributed by atoms with Gasteiger partial charge in [-0.15, -0.1) is 0 Å². The maximum absolute atomic E-state index is 12.8. The van der Waals surface area contributed by atoms with Crippen molar-refractivity contribution in [3.8, 4) is 0 Å². The van der Waals surface area contributed by atoms with E-state index in [0.29, 0.717) is 12.8 Å². The standard InChI is InChI=1S/C65H102O6/c1-4-7-10-13-16-19-22-25-27-29-30-31-32-33-34-36-37-40-43-46-49-52-55-58-64(67)70-61-62(60-69-63(66)57-54-51-48-45-42-39-24-21-18-15-12-9-6-3)71-65(68)59-56-53-50-47-44-41-38-35-28-26-23-20-17-14-11-8-5-2/h7-12,16-21,25-28,30-31,33-34,38-39,41-42,62H,4-6,13-15,22-24,29,32,35-37,40,43-61H2,1-3H3/b10-7-,11-8-,12-9-,19-16-,20-17-,21-18-,27-25-,28-26-,31-30-,34-33-,41-38-,42-39-. The number of hydrogen-bond acceptors (Lipinski definition) is 6. The molecule has 0 bridgehead atoms. The Morgan fingerprint density at radius 1 is 0.282 bits per heavy atom. The Bertz CT molecular complexity index is 1590. The zero-order chi connectivity index (χ0) is 51.4. The summed E-state index contributed by atoms with van der Waals surface area (Å²) in [6.45, 7) is 6.23. The lowest BCUT2D eigenvalue weighted by atomic mass is 10.1. The van der Waals surface area contributed by atoms with Crippen LogP contribution in [-0.2, 0) is 28.6 Å². The molecular weight excluding hydrogens is 877 g/mol. The number of unbranched alkanes of at least 4 members (excludes halogenated alkanes) is 14. The molecule has 0 saturated heterocycles. The monoisotopic (exact) mass is 979 g/mol. The molecule has 0 aromatic rings. The maximum atomic E-state index is 12.8. The Labute approximate surface area is 436 Å². The molecule has 6 nitrogen and oxygen atoms in total. The third kappa shape index (κ3) is 56.1. The molecule has 0 aliphatic heterocycles. The molecule has 398 valence electrons. The highest BCUT2D eigenvalue weighted by Gasteiger charge is 2.19. The molecule has 0 fully saturated rings. The number of carbonyl (C=O) groups is 3. The molecule has 0 spiro atoms. The Hall–Kier alpha value is -4.71. The van der Waals surface area contributed by atoms with Crippen LogP contribution in [-0.4, -0.2) is 37.2 Å². The molecule has 0 aromatic carbocycles. The van der Waals surface area contributed by atoms with Gasteiger partial charge in [-0.3, -0.25) is 14.4 Å². The van der Waals surface area contributed by atoms with Crippen molar-refractivity contribution in [1.82, 2.24) is 0 Å². The Kier molecular flexibility index (Phi) is 54.0. The summed E-state index contributed by atoms with van der Waals surface area (Å²) in [6, 6.07) is 0. The Morgan fingerprint density at radius 3 is 0.803 bits per heavy atom. The van der Waals surface area contributed by atoms with Crippen LogP contribution in [0.5, 0.6) is 0 Å². The van der Waals surface area contributed by atoms with E-state index in [4.69, 9.17) is 14.2 Å². The van der Waals surface area contributed by atoms with Crippen LogP contribution in [0.1, 0.15) is 226 Å². The first-order chi connectivity index (χ1) is 35.0. The average Bonchev–Trinajstić information content (AvgIpc) is 3.37. The zero-order valence-electron chi connectivity index (χ0n) is 45.4. The summed E-state index contributed by atoms with van der Waals surface area (Å²) in [5.41, 5.74) is 0. The Balaban J connectivity index is 4.47. The van der Waals surface area contributed by atoms with Crippen LogP contribution >= 0.6 is 0 Å². The van der Waals surface area contributed by atoms with E-state index in [0.717, 1.165) is 161 Å². The van der Waals surface area contributed by atoms with Crippen LogP contribution in [0.2, 0.25) is 0 Å². The van der Waals surface area contributed by atoms with Gasteiger partial charge in [-0.05, 0) is 135 Å². The van der Waals surface area contributed by atoms with Gasteiger partial charge in [-0.25, -0.2) is 0 Å². The van der Waals surface area contributed by atoms with Crippen molar-refractivity contribution < 1.29 is 28.6 Å². The predicted molar refractivity (Wildman–Crippen MR) is 306 cm³/mol. The second-order valence-electron chi connectivity index (χ2n) is 18.0. The van der Waals surface area contributed by atoms with Gasteiger partial charge in [0.25, 0.3) is 0 Å². The lowest BCUT2D eigenvalue weighted by Gasteiger charge is -2.18. The summed E-state index contributed by atoms with van der Waals surface area (Å²) < 4.78 is 16.8. The van der Waals surface area contributed by atoms with Crippen LogP contribution in [0.4, 0.5) is 0 Å². The third-order valence-corrected chi connectivity index (χ3v) is 11.3. The van der Waals surface area contributed by atoms with Crippen molar-refractivity contribution in [2.75, 3.05) is 13.2 Å². The lowest BCUT2D eigenvalue weighted by molar-refractivity contribution is -0.167. The molecule has 1 unspecified atom stereocenters. The highest BCUT2D eigenvalue weighted by atomic mass is 16.6. The molecule has 71 heavy (non-hydrogen) atoms. The quantitative estimate of drug-likeness (QED) is 0.0262. The fourth-order valence-corrected chi connectivity index (χ4v) is 7.18. The molecule has 0 amide bonds. The number of carbonyl (C=O) groups excluding carboxylic acids is 3. The van der Waals surface area contributed by atoms with Crippen LogP contribution in [0, 0.1) is 0 Å². The van der Waals surface area contributed by atoms with Crippen LogP contribution in [0.3, 0.4) is 0 Å². The minimum atomic E-state index is -0.815. The van der Waals surface area contributed by atoms with E-state index in [-0.39, 0.29) is 37.5 Å². The van der Waals surface area contributed by atoms with E-state index in [1.54, 1.807) is 0 Å². The molecule has 1 atom stereocenters. The fourth-order valence-electron chi connectivity index (χ4n) is 7.18. The van der Waals surface area contributed by atoms with E-state index in [9.17, 15) is 14.4 Å². The molecule has 0 heterocycles. The van der Waals surface area contributed by atoms with Gasteiger partial charge in [-0.1, -0.05) is 218 Å². The largest absolute Gasteiger partial charge is 0.462 e. The van der Waals surface area contributed by atoms with Gasteiger partial charge >= 0.3 is 17.9 Å². The first-order valence-electron chi connectivity index (χ1n) is 28.3. The van der Waals surface area contributed by atoms with Crippen molar-refractivity contribution in [3.05, 3.63) is 146 Å². The van der Waals surface area contributed by atoms with Crippen LogP contribution in [0.15, 0.2) is 146 Å². The smallest absolute Gasteiger partial charge is 0.306 e. The first kappa shape index (κ1) is 66.3. The predicted octanol–water partition coefficient (Wildman–Crippen LogP) is 19.2. The number of hydrogen-bond donors (Lipinski definition) is 0. The molecular formula is C65H102O6. The summed E-state index contributed by atoms with van der Waals surface area (Å²) in [4.78, 5) is 38.1. The second-order valence-corrected chi connectivity index (χ2v) is 18.0. The van der Waals surface area contributed by atoms with Crippen molar-refractivity contribution in [2.24, 2.45) is 0 Å². The van der Waals surface area contributed by atoms with E-state index < -0.39 is 6.10 Å². The van der Waals surface area contributed by atoms with Gasteiger partial charge in [0.1, 0.15) is 13.2 Å². The number of esters is 3. The van der Waals surface area contributed by atoms with Gasteiger partial charge in [0.2, 0.25) is 0 Å². The highest BCUT2D eigenvalue weighted by Crippen LogP contribution is 2.13. The molecule has 0 aliphatic carbocycles. The number of rotatable bonds is 49. The van der Waals surface area contributed by atoms with Gasteiger partial charge in [0.05, 0.1) is 0 Å². The second kappa shape index (κ2) is 57.9. The molecule has 6 heteroatoms. The van der Waals surface area contributed by atoms with Gasteiger partial charge < -0.3 is 14.2 Å². The lowest BCUT2D eigenvalue weighted by Crippen LogP contribution is -2.30. The van der Waals surface area contributed by atoms with Crippen LogP contribution in [0.25, 0.3) is 0 Å². The summed E-state index contributed by atoms with van der Waals surface area (Å²) in [6.07, 6.45) is 82.6. The molecule has 0 radical (unpaired) electrons. The van der Waals surface area contributed by atoms with Crippen molar-refractivity contribution >= 4 is 17.9 Å². The maximum Gasteiger partial charge on any atom is 0.306 e. The van der Waals surface area contributed by atoms with Crippen molar-refractivity contribution in [1.29, 1.82) is 0 Å². The minimum Gasteiger partial charge on any atom is -0.462 e. The minimum absolute atomic E-state index is 0.110. The number of ether oxygens (including phenoxy) is 3. The van der Waals surface area contributed by atoms with Crippen molar-refractivity contribution in [2.45, 2.75) is 232 Å². The third-order valence-electron chi connectivity index (χ3n) is 11.3. The molecule has 0 rings (SSSR count). The average molecular weight is 980 g/mol. The van der Waals surface area contributed by atoms with Crippen molar-refractivity contribution in [3.63, 3.8) is 0 Å². The van der Waals surface area contributed by atoms with E-state index in [1.165, 1.54) is 25.7 Å². The number of allylic oxidation sites excluding steroid dienone is 24. The summed E-state index contributed by atoms with van der Waals surface area (Å²) in [5.74, 6) is -0.981.